The molecule has 0 bridgehead atoms. The number of carbonyl (C=O) groups excluding carboxylic acids is 2. The molecular formula is C17H21NO3. The molecule has 4 heteroatoms. The van der Waals surface area contributed by atoms with Gasteiger partial charge in [0.1, 0.15) is 5.75 Å². The molecule has 0 fully saturated rings. The monoisotopic (exact) mass is 287 g/mol. The molecule has 0 radical (unpaired) electrons. The van der Waals surface area contributed by atoms with Gasteiger partial charge < -0.3 is 9.64 Å². The van der Waals surface area contributed by atoms with E-state index in [1.165, 1.54) is 0 Å². The molecule has 1 aliphatic heterocycles. The predicted molar refractivity (Wildman–Crippen MR) is 82.9 cm³/mol. The molecule has 112 valence electrons. The van der Waals surface area contributed by atoms with Crippen LogP contribution in [0.1, 0.15) is 44.0 Å². The summed E-state index contributed by atoms with van der Waals surface area (Å²) in [5, 5.41) is 0. The molecule has 0 aromatic heterocycles. The summed E-state index contributed by atoms with van der Waals surface area (Å²) in [6.45, 7) is 10.1. The van der Waals surface area contributed by atoms with E-state index in [9.17, 15) is 9.59 Å². The van der Waals surface area contributed by atoms with Gasteiger partial charge in [0, 0.05) is 12.1 Å². The van der Waals surface area contributed by atoms with E-state index in [0.29, 0.717) is 29.9 Å². The number of fused-ring (bicyclic) bond motifs is 1. The lowest BCUT2D eigenvalue weighted by atomic mass is 10.0. The van der Waals surface area contributed by atoms with Gasteiger partial charge in [0.05, 0.1) is 5.69 Å². The SMILES string of the molecule is C=C(CC)C(=O)c1ccc2c(c1)OC(C)C(=O)N2CCC. The molecule has 1 atom stereocenters. The Morgan fingerprint density at radius 3 is 2.71 bits per heavy atom. The standard InChI is InChI=1S/C17H21NO3/c1-5-9-18-14-8-7-13(16(19)11(3)6-2)10-15(14)21-12(4)17(18)20/h7-8,10,12H,3,5-6,9H2,1-2,4H3. The number of amides is 1. The molecule has 0 saturated heterocycles. The van der Waals surface area contributed by atoms with Gasteiger partial charge in [-0.15, -0.1) is 0 Å². The fourth-order valence-electron chi connectivity index (χ4n) is 2.37. The van der Waals surface area contributed by atoms with Crippen LogP contribution in [0, 0.1) is 0 Å². The number of nitrogens with zero attached hydrogens (tertiary/aromatic N) is 1. The van der Waals surface area contributed by atoms with Crippen molar-refractivity contribution < 1.29 is 14.3 Å². The van der Waals surface area contributed by atoms with Gasteiger partial charge in [-0.2, -0.15) is 0 Å². The third-order valence-electron chi connectivity index (χ3n) is 3.63. The van der Waals surface area contributed by atoms with Gasteiger partial charge in [-0.1, -0.05) is 20.4 Å². The minimum absolute atomic E-state index is 0.0404. The lowest BCUT2D eigenvalue weighted by molar-refractivity contribution is -0.125. The van der Waals surface area contributed by atoms with Gasteiger partial charge >= 0.3 is 0 Å². The summed E-state index contributed by atoms with van der Waals surface area (Å²) < 4.78 is 5.65. The second kappa shape index (κ2) is 6.12. The minimum atomic E-state index is -0.524. The van der Waals surface area contributed by atoms with Crippen molar-refractivity contribution in [3.8, 4) is 5.75 Å². The largest absolute Gasteiger partial charge is 0.479 e. The van der Waals surface area contributed by atoms with E-state index >= 15 is 0 Å². The number of rotatable bonds is 5. The lowest BCUT2D eigenvalue weighted by Gasteiger charge is -2.33. The third-order valence-corrected chi connectivity index (χ3v) is 3.63. The van der Waals surface area contributed by atoms with Crippen LogP contribution in [0.15, 0.2) is 30.4 Å². The average Bonchev–Trinajstić information content (AvgIpc) is 2.49. The molecule has 1 heterocycles. The third kappa shape index (κ3) is 2.84. The Hall–Kier alpha value is -2.10. The smallest absolute Gasteiger partial charge is 0.267 e. The van der Waals surface area contributed by atoms with Gasteiger partial charge in [-0.05, 0) is 43.5 Å². The van der Waals surface area contributed by atoms with Gasteiger partial charge in [0.25, 0.3) is 5.91 Å². The molecule has 2 rings (SSSR count). The van der Waals surface area contributed by atoms with Crippen molar-refractivity contribution in [1.29, 1.82) is 0 Å². The molecule has 1 aromatic carbocycles. The Labute approximate surface area is 125 Å². The minimum Gasteiger partial charge on any atom is -0.479 e. The maximum absolute atomic E-state index is 12.2. The van der Waals surface area contributed by atoms with Crippen LogP contribution >= 0.6 is 0 Å². The van der Waals surface area contributed by atoms with Crippen LogP contribution in [0.3, 0.4) is 0 Å². The van der Waals surface area contributed by atoms with Crippen LogP contribution in [0.5, 0.6) is 5.75 Å². The summed E-state index contributed by atoms with van der Waals surface area (Å²) in [7, 11) is 0. The normalized spacial score (nSPS) is 17.2. The Kier molecular flexibility index (Phi) is 4.46. The van der Waals surface area contributed by atoms with E-state index < -0.39 is 6.10 Å². The molecule has 0 N–H and O–H groups in total. The summed E-state index contributed by atoms with van der Waals surface area (Å²) in [4.78, 5) is 26.1. The highest BCUT2D eigenvalue weighted by Crippen LogP contribution is 2.35. The van der Waals surface area contributed by atoms with E-state index in [0.717, 1.165) is 12.1 Å². The zero-order valence-electron chi connectivity index (χ0n) is 12.8. The van der Waals surface area contributed by atoms with Crippen molar-refractivity contribution in [2.75, 3.05) is 11.4 Å². The highest BCUT2D eigenvalue weighted by atomic mass is 16.5. The van der Waals surface area contributed by atoms with Crippen LogP contribution in [0.25, 0.3) is 0 Å². The first kappa shape index (κ1) is 15.3. The fourth-order valence-corrected chi connectivity index (χ4v) is 2.37. The van der Waals surface area contributed by atoms with Crippen molar-refractivity contribution in [1.82, 2.24) is 0 Å². The van der Waals surface area contributed by atoms with E-state index in [1.807, 2.05) is 13.8 Å². The number of ether oxygens (including phenoxy) is 1. The van der Waals surface area contributed by atoms with Crippen LogP contribution in [0.2, 0.25) is 0 Å². The van der Waals surface area contributed by atoms with Crippen LogP contribution in [0.4, 0.5) is 5.69 Å². The van der Waals surface area contributed by atoms with Gasteiger partial charge in [-0.25, -0.2) is 0 Å². The highest BCUT2D eigenvalue weighted by Gasteiger charge is 2.31. The van der Waals surface area contributed by atoms with Gasteiger partial charge in [0.2, 0.25) is 0 Å². The fraction of sp³-hybridized carbons (Fsp3) is 0.412. The Morgan fingerprint density at radius 2 is 2.10 bits per heavy atom. The van der Waals surface area contributed by atoms with Crippen LogP contribution in [-0.2, 0) is 4.79 Å². The summed E-state index contributed by atoms with van der Waals surface area (Å²) in [6, 6.07) is 5.23. The van der Waals surface area contributed by atoms with E-state index in [-0.39, 0.29) is 11.7 Å². The first-order chi connectivity index (χ1) is 9.99. The number of carbonyl (C=O) groups is 2. The molecule has 1 aliphatic rings. The van der Waals surface area contributed by atoms with Crippen molar-refractivity contribution in [2.24, 2.45) is 0 Å². The van der Waals surface area contributed by atoms with Crippen LogP contribution < -0.4 is 9.64 Å². The van der Waals surface area contributed by atoms with Gasteiger partial charge in [0.15, 0.2) is 11.9 Å². The number of benzene rings is 1. The lowest BCUT2D eigenvalue weighted by Crippen LogP contribution is -2.44. The number of hydrogen-bond acceptors (Lipinski definition) is 3. The number of ketones is 1. The topological polar surface area (TPSA) is 46.6 Å². The number of allylic oxidation sites excluding steroid dienone is 1. The van der Waals surface area contributed by atoms with Crippen molar-refractivity contribution >= 4 is 17.4 Å². The van der Waals surface area contributed by atoms with E-state index in [4.69, 9.17) is 4.74 Å². The highest BCUT2D eigenvalue weighted by molar-refractivity contribution is 6.09. The molecule has 21 heavy (non-hydrogen) atoms. The van der Waals surface area contributed by atoms with Crippen molar-refractivity contribution in [3.05, 3.63) is 35.9 Å². The first-order valence-corrected chi connectivity index (χ1v) is 7.34. The summed E-state index contributed by atoms with van der Waals surface area (Å²) in [5.74, 6) is 0.474. The quantitative estimate of drug-likeness (QED) is 0.616. The molecule has 0 saturated carbocycles. The number of anilines is 1. The first-order valence-electron chi connectivity index (χ1n) is 7.34. The summed E-state index contributed by atoms with van der Waals surface area (Å²) in [5.41, 5.74) is 1.86. The van der Waals surface area contributed by atoms with Crippen molar-refractivity contribution in [3.63, 3.8) is 0 Å². The maximum atomic E-state index is 12.2. The van der Waals surface area contributed by atoms with E-state index in [1.54, 1.807) is 30.0 Å². The Bertz CT molecular complexity index is 592. The summed E-state index contributed by atoms with van der Waals surface area (Å²) >= 11 is 0. The molecule has 1 aromatic rings. The summed E-state index contributed by atoms with van der Waals surface area (Å²) in [6.07, 6.45) is 0.961. The van der Waals surface area contributed by atoms with E-state index in [2.05, 4.69) is 6.58 Å². The molecule has 1 amide bonds. The molecule has 0 aliphatic carbocycles. The second-order valence-corrected chi connectivity index (χ2v) is 5.22. The molecule has 1 unspecified atom stereocenters. The zero-order valence-corrected chi connectivity index (χ0v) is 12.8. The zero-order chi connectivity index (χ0) is 15.6. The Balaban J connectivity index is 2.40. The number of hydrogen-bond donors (Lipinski definition) is 0. The average molecular weight is 287 g/mol. The molecular weight excluding hydrogens is 266 g/mol. The molecule has 4 nitrogen and oxygen atoms in total. The predicted octanol–water partition coefficient (Wildman–Crippen LogP) is 3.36. The molecule has 0 spiro atoms. The Morgan fingerprint density at radius 1 is 1.38 bits per heavy atom. The second-order valence-electron chi connectivity index (χ2n) is 5.22. The van der Waals surface area contributed by atoms with Crippen LogP contribution in [-0.4, -0.2) is 24.3 Å². The van der Waals surface area contributed by atoms with Gasteiger partial charge in [-0.3, -0.25) is 9.59 Å². The maximum Gasteiger partial charge on any atom is 0.267 e. The van der Waals surface area contributed by atoms with Crippen molar-refractivity contribution in [2.45, 2.75) is 39.7 Å². The number of Topliss-reactive ketones (excluding diaryl/α,β-unsaturated/α-hetero) is 1.